The lowest BCUT2D eigenvalue weighted by Crippen LogP contribution is -2.34. The molecule has 2 N–H and O–H groups in total. The smallest absolute Gasteiger partial charge is 0.321 e. The highest BCUT2D eigenvalue weighted by atomic mass is 32.2. The largest absolute Gasteiger partial charge is 0.325 e. The third-order valence-corrected chi connectivity index (χ3v) is 6.00. The maximum atomic E-state index is 12.9. The number of carbonyl (C=O) groups is 1. The number of aryl methyl sites for hydroxylation is 1. The zero-order valence-corrected chi connectivity index (χ0v) is 17.9. The molecule has 0 radical (unpaired) electrons. The third-order valence-electron chi connectivity index (χ3n) is 4.63. The van der Waals surface area contributed by atoms with Gasteiger partial charge in [-0.2, -0.15) is 0 Å². The maximum Gasteiger partial charge on any atom is 0.321 e. The van der Waals surface area contributed by atoms with Gasteiger partial charge < -0.3 is 10.2 Å². The van der Waals surface area contributed by atoms with E-state index in [-0.39, 0.29) is 16.8 Å². The van der Waals surface area contributed by atoms with Gasteiger partial charge in [-0.1, -0.05) is 32.0 Å². The Morgan fingerprint density at radius 1 is 1.04 bits per heavy atom. The fourth-order valence-electron chi connectivity index (χ4n) is 2.94. The van der Waals surface area contributed by atoms with Gasteiger partial charge in [0.05, 0.1) is 10.6 Å². The van der Waals surface area contributed by atoms with E-state index < -0.39 is 10.0 Å². The second kappa shape index (κ2) is 9.10. The Morgan fingerprint density at radius 2 is 1.64 bits per heavy atom. The van der Waals surface area contributed by atoms with E-state index in [1.165, 1.54) is 12.1 Å². The molecule has 0 aliphatic carbocycles. The van der Waals surface area contributed by atoms with Gasteiger partial charge in [-0.15, -0.1) is 0 Å². The molecule has 0 unspecified atom stereocenters. The number of amides is 2. The Labute approximate surface area is 168 Å². The van der Waals surface area contributed by atoms with Crippen LogP contribution in [0.3, 0.4) is 0 Å². The van der Waals surface area contributed by atoms with Crippen LogP contribution in [0.4, 0.5) is 16.2 Å². The number of hydrogen-bond acceptors (Lipinski definition) is 3. The summed E-state index contributed by atoms with van der Waals surface area (Å²) >= 11 is 0. The van der Waals surface area contributed by atoms with Gasteiger partial charge in [-0.3, -0.25) is 4.72 Å². The molecule has 0 heterocycles. The molecule has 2 rings (SSSR count). The molecule has 0 aliphatic rings. The molecule has 0 aliphatic heterocycles. The Kier molecular flexibility index (Phi) is 7.07. The lowest BCUT2D eigenvalue weighted by Gasteiger charge is -2.19. The summed E-state index contributed by atoms with van der Waals surface area (Å²) in [7, 11) is -3.74. The van der Waals surface area contributed by atoms with Crippen molar-refractivity contribution in [1.29, 1.82) is 0 Å². The Morgan fingerprint density at radius 3 is 2.18 bits per heavy atom. The van der Waals surface area contributed by atoms with Crippen molar-refractivity contribution in [3.05, 3.63) is 53.6 Å². The third kappa shape index (κ3) is 5.04. The molecule has 0 bridgehead atoms. The van der Waals surface area contributed by atoms with E-state index in [1.807, 2.05) is 52.8 Å². The molecular formula is C21H29N3O3S. The highest BCUT2D eigenvalue weighted by molar-refractivity contribution is 7.92. The van der Waals surface area contributed by atoms with Crippen molar-refractivity contribution < 1.29 is 13.2 Å². The Bertz CT molecular complexity index is 918. The van der Waals surface area contributed by atoms with E-state index in [4.69, 9.17) is 0 Å². The van der Waals surface area contributed by atoms with Gasteiger partial charge >= 0.3 is 6.03 Å². The van der Waals surface area contributed by atoms with Gasteiger partial charge in [0.1, 0.15) is 0 Å². The molecule has 2 amide bonds. The predicted molar refractivity (Wildman–Crippen MR) is 114 cm³/mol. The van der Waals surface area contributed by atoms with Crippen LogP contribution in [-0.4, -0.2) is 32.4 Å². The number of nitrogens with one attached hydrogen (secondary N) is 2. The van der Waals surface area contributed by atoms with E-state index >= 15 is 0 Å². The zero-order chi connectivity index (χ0) is 20.9. The minimum Gasteiger partial charge on any atom is -0.325 e. The average molecular weight is 404 g/mol. The SMILES string of the molecule is CCN(CC)C(=O)Nc1ccc(S(=O)(=O)Nc2c(C)cccc2C(C)C)cc1. The first-order valence-electron chi connectivity index (χ1n) is 9.47. The summed E-state index contributed by atoms with van der Waals surface area (Å²) in [5.74, 6) is 0.190. The molecule has 2 aromatic rings. The Hall–Kier alpha value is -2.54. The standard InChI is InChI=1S/C21H29N3O3S/c1-6-24(7-2)21(25)22-17-11-13-18(14-12-17)28(26,27)23-20-16(5)9-8-10-19(20)15(3)4/h8-15,23H,6-7H2,1-5H3,(H,22,25). The van der Waals surface area contributed by atoms with Crippen molar-refractivity contribution in [2.24, 2.45) is 0 Å². The molecule has 0 aromatic heterocycles. The average Bonchev–Trinajstić information content (AvgIpc) is 2.64. The van der Waals surface area contributed by atoms with Crippen molar-refractivity contribution in [3.63, 3.8) is 0 Å². The highest BCUT2D eigenvalue weighted by Crippen LogP contribution is 2.29. The monoisotopic (exact) mass is 403 g/mol. The van der Waals surface area contributed by atoms with Gasteiger partial charge in [-0.25, -0.2) is 13.2 Å². The van der Waals surface area contributed by atoms with Crippen LogP contribution in [0.15, 0.2) is 47.4 Å². The summed E-state index contributed by atoms with van der Waals surface area (Å²) < 4.78 is 28.4. The fourth-order valence-corrected chi connectivity index (χ4v) is 4.09. The maximum absolute atomic E-state index is 12.9. The molecule has 6 nitrogen and oxygen atoms in total. The predicted octanol–water partition coefficient (Wildman–Crippen LogP) is 4.79. The Balaban J connectivity index is 2.23. The van der Waals surface area contributed by atoms with Gasteiger partial charge in [0.15, 0.2) is 0 Å². The van der Waals surface area contributed by atoms with E-state index in [2.05, 4.69) is 10.0 Å². The molecular weight excluding hydrogens is 374 g/mol. The fraction of sp³-hybridized carbons (Fsp3) is 0.381. The van der Waals surface area contributed by atoms with E-state index in [9.17, 15) is 13.2 Å². The van der Waals surface area contributed by atoms with Crippen molar-refractivity contribution in [3.8, 4) is 0 Å². The molecule has 0 fully saturated rings. The summed E-state index contributed by atoms with van der Waals surface area (Å²) in [6, 6.07) is 11.7. The van der Waals surface area contributed by atoms with Crippen LogP contribution >= 0.6 is 0 Å². The van der Waals surface area contributed by atoms with Crippen molar-refractivity contribution in [2.75, 3.05) is 23.1 Å². The normalized spacial score (nSPS) is 11.4. The van der Waals surface area contributed by atoms with Crippen LogP contribution in [0.25, 0.3) is 0 Å². The van der Waals surface area contributed by atoms with Crippen molar-refractivity contribution in [2.45, 2.75) is 45.4 Å². The first kappa shape index (κ1) is 21.8. The van der Waals surface area contributed by atoms with Crippen LogP contribution in [0.1, 0.15) is 44.7 Å². The summed E-state index contributed by atoms with van der Waals surface area (Å²) in [6.45, 7) is 11.0. The number of hydrogen-bond donors (Lipinski definition) is 2. The lowest BCUT2D eigenvalue weighted by molar-refractivity contribution is 0.217. The molecule has 28 heavy (non-hydrogen) atoms. The second-order valence-electron chi connectivity index (χ2n) is 6.93. The highest BCUT2D eigenvalue weighted by Gasteiger charge is 2.19. The molecule has 7 heteroatoms. The molecule has 0 atom stereocenters. The van der Waals surface area contributed by atoms with E-state index in [1.54, 1.807) is 17.0 Å². The van der Waals surface area contributed by atoms with Crippen molar-refractivity contribution in [1.82, 2.24) is 4.90 Å². The first-order valence-corrected chi connectivity index (χ1v) is 11.0. The van der Waals surface area contributed by atoms with E-state index in [0.29, 0.717) is 24.5 Å². The van der Waals surface area contributed by atoms with Gasteiger partial charge in [0.2, 0.25) is 0 Å². The molecule has 0 spiro atoms. The topological polar surface area (TPSA) is 78.5 Å². The quantitative estimate of drug-likeness (QED) is 0.697. The van der Waals surface area contributed by atoms with Gasteiger partial charge in [0.25, 0.3) is 10.0 Å². The molecule has 0 saturated heterocycles. The van der Waals surface area contributed by atoms with E-state index in [0.717, 1.165) is 11.1 Å². The van der Waals surface area contributed by atoms with Crippen molar-refractivity contribution >= 4 is 27.4 Å². The number of anilines is 2. The summed E-state index contributed by atoms with van der Waals surface area (Å²) in [4.78, 5) is 13.9. The number of urea groups is 1. The number of sulfonamides is 1. The molecule has 0 saturated carbocycles. The van der Waals surface area contributed by atoms with Crippen LogP contribution in [-0.2, 0) is 10.0 Å². The first-order chi connectivity index (χ1) is 13.2. The zero-order valence-electron chi connectivity index (χ0n) is 17.1. The number of carbonyl (C=O) groups excluding carboxylic acids is 1. The summed E-state index contributed by atoms with van der Waals surface area (Å²) in [5.41, 5.74) is 3.00. The van der Waals surface area contributed by atoms with Gasteiger partial charge in [-0.05, 0) is 62.1 Å². The molecule has 152 valence electrons. The van der Waals surface area contributed by atoms with Crippen LogP contribution < -0.4 is 10.0 Å². The number of nitrogens with zero attached hydrogens (tertiary/aromatic N) is 1. The number of rotatable bonds is 7. The summed E-state index contributed by atoms with van der Waals surface area (Å²) in [5, 5.41) is 2.78. The molecule has 2 aromatic carbocycles. The van der Waals surface area contributed by atoms with Crippen LogP contribution in [0.5, 0.6) is 0 Å². The number of para-hydroxylation sites is 1. The van der Waals surface area contributed by atoms with Gasteiger partial charge in [0, 0.05) is 18.8 Å². The summed E-state index contributed by atoms with van der Waals surface area (Å²) in [6.07, 6.45) is 0. The minimum atomic E-state index is -3.74. The van der Waals surface area contributed by atoms with Crippen LogP contribution in [0.2, 0.25) is 0 Å². The minimum absolute atomic E-state index is 0.145. The number of benzene rings is 2. The van der Waals surface area contributed by atoms with Crippen LogP contribution in [0, 0.1) is 6.92 Å². The second-order valence-corrected chi connectivity index (χ2v) is 8.61. The lowest BCUT2D eigenvalue weighted by atomic mass is 9.99.